The van der Waals surface area contributed by atoms with Crippen LogP contribution in [0.15, 0.2) is 28.7 Å². The molecule has 0 bridgehead atoms. The highest BCUT2D eigenvalue weighted by atomic mass is 79.9. The van der Waals surface area contributed by atoms with Crippen LogP contribution < -0.4 is 4.90 Å². The zero-order valence-electron chi connectivity index (χ0n) is 10.4. The highest BCUT2D eigenvalue weighted by Gasteiger charge is 2.28. The molecule has 0 aliphatic heterocycles. The van der Waals surface area contributed by atoms with E-state index in [-0.39, 0.29) is 30.8 Å². The normalized spacial score (nSPS) is 10.6. The Bertz CT molecular complexity index is 722. The first-order chi connectivity index (χ1) is 10.3. The fourth-order valence-corrected chi connectivity index (χ4v) is 3.28. The second kappa shape index (κ2) is 7.04. The molecule has 3 nitrogen and oxygen atoms in total. The molecular formula is C13H5BrCl5NO2. The molecule has 1 N–H and O–H groups in total. The van der Waals surface area contributed by atoms with E-state index in [9.17, 15) is 9.90 Å². The van der Waals surface area contributed by atoms with Crippen molar-refractivity contribution in [2.24, 2.45) is 0 Å². The van der Waals surface area contributed by atoms with Gasteiger partial charge in [-0.3, -0.25) is 0 Å². The van der Waals surface area contributed by atoms with E-state index in [1.165, 1.54) is 0 Å². The zero-order valence-corrected chi connectivity index (χ0v) is 15.7. The highest BCUT2D eigenvalue weighted by molar-refractivity contribution is 9.10. The third-order valence-electron chi connectivity index (χ3n) is 2.69. The molecule has 2 aromatic rings. The summed E-state index contributed by atoms with van der Waals surface area (Å²) in [5, 5.41) is 9.13. The molecule has 0 saturated heterocycles. The molecule has 0 aliphatic carbocycles. The summed E-state index contributed by atoms with van der Waals surface area (Å²) in [6.07, 6.45) is -1.31. The van der Waals surface area contributed by atoms with Gasteiger partial charge in [-0.1, -0.05) is 73.9 Å². The summed E-state index contributed by atoms with van der Waals surface area (Å²) >= 11 is 33.4. The Kier molecular flexibility index (Phi) is 5.75. The second-order valence-electron chi connectivity index (χ2n) is 4.01. The van der Waals surface area contributed by atoms with Gasteiger partial charge in [0.25, 0.3) is 0 Å². The fraction of sp³-hybridized carbons (Fsp3) is 0. The summed E-state index contributed by atoms with van der Waals surface area (Å²) in [6.45, 7) is 0. The first-order valence-electron chi connectivity index (χ1n) is 5.55. The molecule has 0 heterocycles. The lowest BCUT2D eigenvalue weighted by atomic mass is 10.2. The predicted octanol–water partition coefficient (Wildman–Crippen LogP) is 7.53. The van der Waals surface area contributed by atoms with Crippen LogP contribution in [0.4, 0.5) is 16.2 Å². The lowest BCUT2D eigenvalue weighted by Gasteiger charge is -2.23. The standard InChI is InChI=1S/C13H5BrCl5NO2/c14-5-1-3-6(4-2-5)20(13(21)22)12-10(18)8(16)7(15)9(17)11(12)19/h1-4H,(H,21,22). The van der Waals surface area contributed by atoms with E-state index in [1.807, 2.05) is 0 Å². The van der Waals surface area contributed by atoms with E-state index in [1.54, 1.807) is 24.3 Å². The minimum Gasteiger partial charge on any atom is -0.464 e. The largest absolute Gasteiger partial charge is 0.464 e. The van der Waals surface area contributed by atoms with E-state index in [4.69, 9.17) is 58.0 Å². The van der Waals surface area contributed by atoms with Crippen LogP contribution in [-0.2, 0) is 0 Å². The molecule has 22 heavy (non-hydrogen) atoms. The van der Waals surface area contributed by atoms with Crippen molar-refractivity contribution in [3.63, 3.8) is 0 Å². The van der Waals surface area contributed by atoms with Crippen LogP contribution in [0.2, 0.25) is 25.1 Å². The number of halogens is 6. The summed E-state index contributed by atoms with van der Waals surface area (Å²) in [7, 11) is 0. The molecule has 0 fully saturated rings. The Hall–Kier alpha value is -0.360. The Morgan fingerprint density at radius 2 is 1.27 bits per heavy atom. The Balaban J connectivity index is 2.75. The summed E-state index contributed by atoms with van der Waals surface area (Å²) in [5.41, 5.74) is 0.256. The fourth-order valence-electron chi connectivity index (χ4n) is 1.71. The molecule has 9 heteroatoms. The third-order valence-corrected chi connectivity index (χ3v) is 5.47. The SMILES string of the molecule is O=C(O)N(c1ccc(Br)cc1)c1c(Cl)c(Cl)c(Cl)c(Cl)c1Cl. The smallest absolute Gasteiger partial charge is 0.416 e. The molecule has 2 rings (SSSR count). The van der Waals surface area contributed by atoms with Gasteiger partial charge < -0.3 is 5.11 Å². The molecule has 0 aliphatic rings. The summed E-state index contributed by atoms with van der Waals surface area (Å²) in [6, 6.07) is 6.49. The van der Waals surface area contributed by atoms with Crippen molar-refractivity contribution in [1.29, 1.82) is 0 Å². The number of benzene rings is 2. The van der Waals surface area contributed by atoms with Crippen LogP contribution in [0, 0.1) is 0 Å². The van der Waals surface area contributed by atoms with Crippen LogP contribution in [0.5, 0.6) is 0 Å². The van der Waals surface area contributed by atoms with Crippen LogP contribution in [0.3, 0.4) is 0 Å². The molecule has 0 spiro atoms. The van der Waals surface area contributed by atoms with Gasteiger partial charge in [0.05, 0.1) is 36.5 Å². The van der Waals surface area contributed by atoms with Crippen LogP contribution >= 0.6 is 73.9 Å². The van der Waals surface area contributed by atoms with Gasteiger partial charge in [-0.25, -0.2) is 9.69 Å². The lowest BCUT2D eigenvalue weighted by molar-refractivity contribution is 0.205. The second-order valence-corrected chi connectivity index (χ2v) is 6.82. The number of hydrogen-bond donors (Lipinski definition) is 1. The number of carboxylic acid groups (broad SMARTS) is 1. The van der Waals surface area contributed by atoms with Gasteiger partial charge in [0.15, 0.2) is 0 Å². The average Bonchev–Trinajstić information content (AvgIpc) is 2.48. The molecule has 116 valence electrons. The molecule has 0 radical (unpaired) electrons. The van der Waals surface area contributed by atoms with E-state index in [0.29, 0.717) is 5.69 Å². The van der Waals surface area contributed by atoms with Crippen LogP contribution in [0.1, 0.15) is 0 Å². The van der Waals surface area contributed by atoms with Crippen LogP contribution in [0.25, 0.3) is 0 Å². The Morgan fingerprint density at radius 1 is 0.864 bits per heavy atom. The number of carbonyl (C=O) groups is 1. The molecule has 0 saturated carbocycles. The first-order valence-corrected chi connectivity index (χ1v) is 8.24. The van der Waals surface area contributed by atoms with Gasteiger partial charge in [-0.15, -0.1) is 0 Å². The van der Waals surface area contributed by atoms with Crippen molar-refractivity contribution < 1.29 is 9.90 Å². The molecule has 0 atom stereocenters. The van der Waals surface area contributed by atoms with E-state index < -0.39 is 6.09 Å². The maximum Gasteiger partial charge on any atom is 0.416 e. The number of hydrogen-bond acceptors (Lipinski definition) is 1. The van der Waals surface area contributed by atoms with Gasteiger partial charge in [-0.05, 0) is 24.3 Å². The molecule has 2 aromatic carbocycles. The Morgan fingerprint density at radius 3 is 1.68 bits per heavy atom. The van der Waals surface area contributed by atoms with E-state index in [2.05, 4.69) is 15.9 Å². The molecule has 1 amide bonds. The number of nitrogens with zero attached hydrogens (tertiary/aromatic N) is 1. The van der Waals surface area contributed by atoms with Gasteiger partial charge in [-0.2, -0.15) is 0 Å². The lowest BCUT2D eigenvalue weighted by Crippen LogP contribution is -2.24. The molecule has 0 aromatic heterocycles. The van der Waals surface area contributed by atoms with Crippen molar-refractivity contribution in [3.05, 3.63) is 53.9 Å². The van der Waals surface area contributed by atoms with Crippen molar-refractivity contribution in [1.82, 2.24) is 0 Å². The van der Waals surface area contributed by atoms with E-state index >= 15 is 0 Å². The minimum atomic E-state index is -1.31. The summed E-state index contributed by atoms with van der Waals surface area (Å²) < 4.78 is 0.783. The third kappa shape index (κ3) is 3.28. The number of amides is 1. The van der Waals surface area contributed by atoms with Crippen molar-refractivity contribution in [2.75, 3.05) is 4.90 Å². The monoisotopic (exact) mass is 461 g/mol. The predicted molar refractivity (Wildman–Crippen MR) is 95.8 cm³/mol. The summed E-state index contributed by atoms with van der Waals surface area (Å²) in [5.74, 6) is 0. The first kappa shape index (κ1) is 18.0. The zero-order chi connectivity index (χ0) is 16.6. The van der Waals surface area contributed by atoms with Crippen molar-refractivity contribution in [2.45, 2.75) is 0 Å². The van der Waals surface area contributed by atoms with Crippen LogP contribution in [-0.4, -0.2) is 11.2 Å². The van der Waals surface area contributed by atoms with Crippen molar-refractivity contribution >= 4 is 91.4 Å². The quantitative estimate of drug-likeness (QED) is 0.369. The van der Waals surface area contributed by atoms with Gasteiger partial charge in [0.1, 0.15) is 0 Å². The Labute approximate surface area is 159 Å². The van der Waals surface area contributed by atoms with Gasteiger partial charge >= 0.3 is 6.09 Å². The van der Waals surface area contributed by atoms with E-state index in [0.717, 1.165) is 9.37 Å². The minimum absolute atomic E-state index is 0.0387. The molecule has 0 unspecified atom stereocenters. The molecular weight excluding hydrogens is 459 g/mol. The highest BCUT2D eigenvalue weighted by Crippen LogP contribution is 2.50. The maximum atomic E-state index is 11.7. The van der Waals surface area contributed by atoms with Gasteiger partial charge in [0, 0.05) is 4.47 Å². The number of anilines is 2. The van der Waals surface area contributed by atoms with Gasteiger partial charge in [0.2, 0.25) is 0 Å². The summed E-state index contributed by atoms with van der Waals surface area (Å²) in [4.78, 5) is 12.6. The maximum absolute atomic E-state index is 11.7. The average molecular weight is 464 g/mol. The topological polar surface area (TPSA) is 40.5 Å². The van der Waals surface area contributed by atoms with Crippen molar-refractivity contribution in [3.8, 4) is 0 Å². The number of rotatable bonds is 2.